The van der Waals surface area contributed by atoms with Gasteiger partial charge in [-0.1, -0.05) is 30.3 Å². The van der Waals surface area contributed by atoms with Gasteiger partial charge in [-0.15, -0.1) is 0 Å². The highest BCUT2D eigenvalue weighted by atomic mass is 79.9. The fourth-order valence-corrected chi connectivity index (χ4v) is 3.39. The Labute approximate surface area is 182 Å². The van der Waals surface area contributed by atoms with Crippen LogP contribution in [0.4, 0.5) is 0 Å². The first-order chi connectivity index (χ1) is 14.5. The number of methoxy groups -OCH3 is 1. The van der Waals surface area contributed by atoms with Gasteiger partial charge in [-0.3, -0.25) is 20.4 Å². The first-order valence-corrected chi connectivity index (χ1v) is 10.0. The zero-order chi connectivity index (χ0) is 21.5. The van der Waals surface area contributed by atoms with Crippen LogP contribution in [0.2, 0.25) is 0 Å². The number of carbonyl (C=O) groups excluding carboxylic acids is 2. The third-order valence-corrected chi connectivity index (χ3v) is 5.05. The predicted octanol–water partition coefficient (Wildman–Crippen LogP) is 3.85. The van der Waals surface area contributed by atoms with E-state index in [1.54, 1.807) is 18.2 Å². The summed E-state index contributed by atoms with van der Waals surface area (Å²) in [5.41, 5.74) is 5.00. The number of nitrogens with one attached hydrogen (secondary N) is 2. The summed E-state index contributed by atoms with van der Waals surface area (Å²) in [5, 5.41) is 2.03. The van der Waals surface area contributed by atoms with Crippen molar-refractivity contribution >= 4 is 38.5 Å². The monoisotopic (exact) mass is 472 g/mol. The van der Waals surface area contributed by atoms with Gasteiger partial charge in [0, 0.05) is 5.56 Å². The van der Waals surface area contributed by atoms with Gasteiger partial charge in [0.25, 0.3) is 11.8 Å². The van der Waals surface area contributed by atoms with Gasteiger partial charge in [0.1, 0.15) is 5.75 Å². The molecular weight excluding hydrogens is 452 g/mol. The van der Waals surface area contributed by atoms with Crippen molar-refractivity contribution in [3.8, 4) is 17.2 Å². The first kappa shape index (κ1) is 21.4. The summed E-state index contributed by atoms with van der Waals surface area (Å²) in [6, 6.07) is 16.3. The summed E-state index contributed by atoms with van der Waals surface area (Å²) in [6.45, 7) is 2.07. The Bertz CT molecular complexity index is 1070. The quantitative estimate of drug-likeness (QED) is 0.510. The minimum Gasteiger partial charge on any atom is -0.493 e. The Kier molecular flexibility index (Phi) is 7.13. The zero-order valence-corrected chi connectivity index (χ0v) is 18.1. The zero-order valence-electron chi connectivity index (χ0n) is 16.5. The number of benzene rings is 3. The maximum Gasteiger partial charge on any atom is 0.276 e. The van der Waals surface area contributed by atoms with E-state index in [1.807, 2.05) is 37.3 Å². The van der Waals surface area contributed by atoms with Crippen molar-refractivity contribution in [3.63, 3.8) is 0 Å². The van der Waals surface area contributed by atoms with E-state index in [2.05, 4.69) is 26.8 Å². The average molecular weight is 473 g/mol. The predicted molar refractivity (Wildman–Crippen MR) is 117 cm³/mol. The number of hydrogen-bond donors (Lipinski definition) is 2. The van der Waals surface area contributed by atoms with E-state index < -0.39 is 11.8 Å². The number of rotatable bonds is 7. The topological polar surface area (TPSA) is 85.9 Å². The third kappa shape index (κ3) is 5.01. The van der Waals surface area contributed by atoms with Gasteiger partial charge in [-0.25, -0.2) is 0 Å². The molecular formula is C22H21BrN2O5. The van der Waals surface area contributed by atoms with Crippen LogP contribution in [0.5, 0.6) is 17.2 Å². The van der Waals surface area contributed by atoms with Crippen molar-refractivity contribution in [2.45, 2.75) is 6.92 Å². The van der Waals surface area contributed by atoms with E-state index in [9.17, 15) is 9.59 Å². The number of carbonyl (C=O) groups is 2. The molecule has 30 heavy (non-hydrogen) atoms. The lowest BCUT2D eigenvalue weighted by Gasteiger charge is -2.12. The SMILES string of the molecule is CCOc1ccc(C(=O)NNC(=O)COc2ccc3ccccc3c2Br)cc1OC. The van der Waals surface area contributed by atoms with Crippen LogP contribution in [0.1, 0.15) is 17.3 Å². The number of halogens is 1. The summed E-state index contributed by atoms with van der Waals surface area (Å²) in [5.74, 6) is 0.514. The molecule has 3 aromatic carbocycles. The van der Waals surface area contributed by atoms with E-state index in [4.69, 9.17) is 14.2 Å². The van der Waals surface area contributed by atoms with Gasteiger partial charge >= 0.3 is 0 Å². The molecule has 7 nitrogen and oxygen atoms in total. The molecule has 2 N–H and O–H groups in total. The largest absolute Gasteiger partial charge is 0.493 e. The Hall–Kier alpha value is -3.26. The fraction of sp³-hybridized carbons (Fsp3) is 0.182. The van der Waals surface area contributed by atoms with Crippen molar-refractivity contribution in [2.75, 3.05) is 20.3 Å². The second kappa shape index (κ2) is 9.98. The maximum absolute atomic E-state index is 12.3. The van der Waals surface area contributed by atoms with E-state index in [0.29, 0.717) is 29.4 Å². The summed E-state index contributed by atoms with van der Waals surface area (Å²) in [4.78, 5) is 24.4. The fourth-order valence-electron chi connectivity index (χ4n) is 2.79. The molecule has 3 aromatic rings. The molecule has 156 valence electrons. The molecule has 0 aliphatic carbocycles. The van der Waals surface area contributed by atoms with E-state index in [-0.39, 0.29) is 6.61 Å². The van der Waals surface area contributed by atoms with Gasteiger partial charge in [0.05, 0.1) is 18.2 Å². The number of amides is 2. The average Bonchev–Trinajstić information content (AvgIpc) is 2.77. The van der Waals surface area contributed by atoms with E-state index >= 15 is 0 Å². The molecule has 0 bridgehead atoms. The molecule has 0 saturated heterocycles. The Morgan fingerprint density at radius 2 is 1.70 bits per heavy atom. The first-order valence-electron chi connectivity index (χ1n) is 9.23. The molecule has 0 radical (unpaired) electrons. The van der Waals surface area contributed by atoms with E-state index in [0.717, 1.165) is 15.2 Å². The summed E-state index contributed by atoms with van der Waals surface area (Å²) < 4.78 is 17.0. The Morgan fingerprint density at radius 3 is 2.47 bits per heavy atom. The van der Waals surface area contributed by atoms with Crippen LogP contribution in [-0.4, -0.2) is 32.1 Å². The third-order valence-electron chi connectivity index (χ3n) is 4.23. The van der Waals surface area contributed by atoms with Crippen molar-refractivity contribution in [3.05, 3.63) is 64.6 Å². The van der Waals surface area contributed by atoms with Crippen LogP contribution in [-0.2, 0) is 4.79 Å². The second-order valence-electron chi connectivity index (χ2n) is 6.19. The molecule has 0 unspecified atom stereocenters. The molecule has 0 atom stereocenters. The number of fused-ring (bicyclic) bond motifs is 1. The summed E-state index contributed by atoms with van der Waals surface area (Å²) in [6.07, 6.45) is 0. The minimum absolute atomic E-state index is 0.260. The highest BCUT2D eigenvalue weighted by Crippen LogP contribution is 2.33. The minimum atomic E-state index is -0.499. The molecule has 0 aliphatic rings. The van der Waals surface area contributed by atoms with Gasteiger partial charge in [-0.2, -0.15) is 0 Å². The Balaban J connectivity index is 1.56. The molecule has 0 aliphatic heterocycles. The molecule has 0 fully saturated rings. The van der Waals surface area contributed by atoms with Gasteiger partial charge < -0.3 is 14.2 Å². The molecule has 8 heteroatoms. The van der Waals surface area contributed by atoms with Crippen LogP contribution in [0.3, 0.4) is 0 Å². The van der Waals surface area contributed by atoms with Crippen LogP contribution in [0.25, 0.3) is 10.8 Å². The van der Waals surface area contributed by atoms with Gasteiger partial charge in [0.2, 0.25) is 0 Å². The highest BCUT2D eigenvalue weighted by molar-refractivity contribution is 9.10. The summed E-state index contributed by atoms with van der Waals surface area (Å²) >= 11 is 3.51. The number of hydrogen-bond acceptors (Lipinski definition) is 5. The lowest BCUT2D eigenvalue weighted by Crippen LogP contribution is -2.43. The maximum atomic E-state index is 12.3. The van der Waals surface area contributed by atoms with Crippen molar-refractivity contribution < 1.29 is 23.8 Å². The van der Waals surface area contributed by atoms with Crippen LogP contribution in [0, 0.1) is 0 Å². The van der Waals surface area contributed by atoms with Crippen molar-refractivity contribution in [2.24, 2.45) is 0 Å². The van der Waals surface area contributed by atoms with Crippen molar-refractivity contribution in [1.29, 1.82) is 0 Å². The van der Waals surface area contributed by atoms with Gasteiger partial charge in [-0.05, 0) is 57.9 Å². The normalized spacial score (nSPS) is 10.4. The van der Waals surface area contributed by atoms with Crippen LogP contribution in [0.15, 0.2) is 59.1 Å². The summed E-state index contributed by atoms with van der Waals surface area (Å²) in [7, 11) is 1.49. The van der Waals surface area contributed by atoms with Crippen molar-refractivity contribution in [1.82, 2.24) is 10.9 Å². The second-order valence-corrected chi connectivity index (χ2v) is 6.98. The highest BCUT2D eigenvalue weighted by Gasteiger charge is 2.13. The lowest BCUT2D eigenvalue weighted by molar-refractivity contribution is -0.123. The standard InChI is InChI=1S/C22H21BrN2O5/c1-3-29-17-10-9-15(12-19(17)28-2)22(27)25-24-20(26)13-30-18-11-8-14-6-4-5-7-16(14)21(18)23/h4-12H,3,13H2,1-2H3,(H,24,26)(H,25,27). The van der Waals surface area contributed by atoms with Crippen LogP contribution < -0.4 is 25.1 Å². The van der Waals surface area contributed by atoms with Gasteiger partial charge in [0.15, 0.2) is 18.1 Å². The molecule has 3 rings (SSSR count). The smallest absolute Gasteiger partial charge is 0.276 e. The molecule has 0 spiro atoms. The van der Waals surface area contributed by atoms with E-state index in [1.165, 1.54) is 13.2 Å². The molecule has 0 heterocycles. The number of hydrazine groups is 1. The van der Waals surface area contributed by atoms with Crippen LogP contribution >= 0.6 is 15.9 Å². The number of ether oxygens (including phenoxy) is 3. The molecule has 2 amide bonds. The Morgan fingerprint density at radius 1 is 0.933 bits per heavy atom. The lowest BCUT2D eigenvalue weighted by atomic mass is 10.1. The molecule has 0 saturated carbocycles. The molecule has 0 aromatic heterocycles.